The van der Waals surface area contributed by atoms with Gasteiger partial charge in [0.2, 0.25) is 0 Å². The van der Waals surface area contributed by atoms with Crippen molar-refractivity contribution in [3.8, 4) is 0 Å². The molecule has 0 aliphatic carbocycles. The van der Waals surface area contributed by atoms with E-state index in [1.54, 1.807) is 13.8 Å². The molecular weight excluding hydrogens is 274 g/mol. The number of amides is 1. The molecule has 2 N–H and O–H groups in total. The van der Waals surface area contributed by atoms with Crippen LogP contribution in [0.1, 0.15) is 24.2 Å². The van der Waals surface area contributed by atoms with E-state index in [0.29, 0.717) is 0 Å². The molecule has 0 spiro atoms. The molecule has 0 saturated heterocycles. The second-order valence-corrected chi connectivity index (χ2v) is 4.69. The van der Waals surface area contributed by atoms with Crippen LogP contribution < -0.4 is 5.32 Å². The third kappa shape index (κ3) is 4.15. The Labute approximate surface area is 114 Å². The fourth-order valence-corrected chi connectivity index (χ4v) is 1.44. The summed E-state index contributed by atoms with van der Waals surface area (Å²) in [5.41, 5.74) is -0.609. The second kappa shape index (κ2) is 6.44. The average Bonchev–Trinajstić information content (AvgIpc) is 2.34. The maximum atomic E-state index is 11.8. The number of nitro groups is 1. The Morgan fingerprint density at radius 1 is 1.63 bits per heavy atom. The number of halogens is 1. The monoisotopic (exact) mass is 287 g/mol. The molecule has 104 valence electrons. The van der Waals surface area contributed by atoms with E-state index in [0.717, 1.165) is 12.3 Å². The van der Waals surface area contributed by atoms with E-state index in [-0.39, 0.29) is 23.2 Å². The largest absolute Gasteiger partial charge is 0.391 e. The number of aliphatic hydroxyl groups is 1. The SMILES string of the molecule is CC(C)C(O)CNC(=O)c1cc(Cl)ncc1[N+](=O)[O-]. The molecule has 0 bridgehead atoms. The predicted octanol–water partition coefficient (Wildman–Crippen LogP) is 1.39. The molecule has 0 aliphatic rings. The van der Waals surface area contributed by atoms with Gasteiger partial charge in [-0.2, -0.15) is 0 Å². The second-order valence-electron chi connectivity index (χ2n) is 4.30. The van der Waals surface area contributed by atoms with Gasteiger partial charge in [-0.1, -0.05) is 25.4 Å². The predicted molar refractivity (Wildman–Crippen MR) is 69.1 cm³/mol. The van der Waals surface area contributed by atoms with Crippen molar-refractivity contribution in [1.29, 1.82) is 0 Å². The fourth-order valence-electron chi connectivity index (χ4n) is 1.28. The van der Waals surface area contributed by atoms with E-state index in [4.69, 9.17) is 11.6 Å². The Hall–Kier alpha value is -1.73. The van der Waals surface area contributed by atoms with E-state index in [1.807, 2.05) is 0 Å². The third-order valence-electron chi connectivity index (χ3n) is 2.53. The molecule has 1 heterocycles. The summed E-state index contributed by atoms with van der Waals surface area (Å²) < 4.78 is 0. The van der Waals surface area contributed by atoms with Crippen molar-refractivity contribution in [2.24, 2.45) is 5.92 Å². The van der Waals surface area contributed by atoms with Crippen molar-refractivity contribution in [3.63, 3.8) is 0 Å². The number of hydrogen-bond acceptors (Lipinski definition) is 5. The number of hydrogen-bond donors (Lipinski definition) is 2. The van der Waals surface area contributed by atoms with Crippen LogP contribution in [0.15, 0.2) is 12.3 Å². The fraction of sp³-hybridized carbons (Fsp3) is 0.455. The molecule has 1 atom stereocenters. The van der Waals surface area contributed by atoms with Crippen molar-refractivity contribution < 1.29 is 14.8 Å². The van der Waals surface area contributed by atoms with Gasteiger partial charge in [0.25, 0.3) is 11.6 Å². The first-order chi connectivity index (χ1) is 8.82. The van der Waals surface area contributed by atoms with Gasteiger partial charge in [0.15, 0.2) is 0 Å². The van der Waals surface area contributed by atoms with Gasteiger partial charge in [-0.05, 0) is 12.0 Å². The molecule has 1 unspecified atom stereocenters. The average molecular weight is 288 g/mol. The minimum atomic E-state index is -0.722. The van der Waals surface area contributed by atoms with Crippen LogP contribution in [-0.4, -0.2) is 33.6 Å². The number of nitrogens with zero attached hydrogens (tertiary/aromatic N) is 2. The van der Waals surface area contributed by atoms with Crippen LogP contribution in [0.5, 0.6) is 0 Å². The topological polar surface area (TPSA) is 105 Å². The van der Waals surface area contributed by atoms with E-state index in [2.05, 4.69) is 10.3 Å². The number of aliphatic hydroxyl groups excluding tert-OH is 1. The maximum absolute atomic E-state index is 11.8. The molecule has 19 heavy (non-hydrogen) atoms. The Bertz CT molecular complexity index is 493. The number of rotatable bonds is 5. The number of aromatic nitrogens is 1. The van der Waals surface area contributed by atoms with Crippen molar-refractivity contribution in [1.82, 2.24) is 10.3 Å². The van der Waals surface area contributed by atoms with Gasteiger partial charge in [0, 0.05) is 6.54 Å². The highest BCUT2D eigenvalue weighted by Gasteiger charge is 2.22. The van der Waals surface area contributed by atoms with Crippen molar-refractivity contribution in [3.05, 3.63) is 33.1 Å². The summed E-state index contributed by atoms with van der Waals surface area (Å²) in [5.74, 6) is -0.702. The highest BCUT2D eigenvalue weighted by molar-refractivity contribution is 6.29. The first-order valence-electron chi connectivity index (χ1n) is 5.59. The molecule has 7 nitrogen and oxygen atoms in total. The molecule has 1 amide bonds. The van der Waals surface area contributed by atoms with Crippen LogP contribution >= 0.6 is 11.6 Å². The smallest absolute Gasteiger partial charge is 0.300 e. The van der Waals surface area contributed by atoms with Crippen molar-refractivity contribution >= 4 is 23.2 Å². The summed E-state index contributed by atoms with van der Waals surface area (Å²) in [6.45, 7) is 3.60. The lowest BCUT2D eigenvalue weighted by Crippen LogP contribution is -2.35. The Morgan fingerprint density at radius 3 is 2.79 bits per heavy atom. The summed E-state index contributed by atoms with van der Waals surface area (Å²) in [5, 5.41) is 22.8. The van der Waals surface area contributed by atoms with Gasteiger partial charge < -0.3 is 10.4 Å². The van der Waals surface area contributed by atoms with Gasteiger partial charge in [-0.3, -0.25) is 14.9 Å². The van der Waals surface area contributed by atoms with Crippen LogP contribution in [0, 0.1) is 16.0 Å². The standard InChI is InChI=1S/C11H14ClN3O4/c1-6(2)9(16)5-14-11(17)7-3-10(12)13-4-8(7)15(18)19/h3-4,6,9,16H,5H2,1-2H3,(H,14,17). The van der Waals surface area contributed by atoms with E-state index >= 15 is 0 Å². The van der Waals surface area contributed by atoms with E-state index in [1.165, 1.54) is 0 Å². The lowest BCUT2D eigenvalue weighted by atomic mass is 10.1. The van der Waals surface area contributed by atoms with Gasteiger partial charge in [0.05, 0.1) is 11.0 Å². The molecular formula is C11H14ClN3O4. The summed E-state index contributed by atoms with van der Waals surface area (Å²) in [6, 6.07) is 1.12. The van der Waals surface area contributed by atoms with E-state index < -0.39 is 22.6 Å². The molecule has 0 saturated carbocycles. The van der Waals surface area contributed by atoms with Crippen LogP contribution in [0.25, 0.3) is 0 Å². The van der Waals surface area contributed by atoms with Gasteiger partial charge >= 0.3 is 0 Å². The van der Waals surface area contributed by atoms with Crippen LogP contribution in [-0.2, 0) is 0 Å². The molecule has 0 aliphatic heterocycles. The molecule has 1 aromatic rings. The van der Waals surface area contributed by atoms with Crippen LogP contribution in [0.2, 0.25) is 5.15 Å². The van der Waals surface area contributed by atoms with Gasteiger partial charge in [-0.15, -0.1) is 0 Å². The zero-order valence-electron chi connectivity index (χ0n) is 10.5. The Balaban J connectivity index is 2.87. The highest BCUT2D eigenvalue weighted by Crippen LogP contribution is 2.20. The van der Waals surface area contributed by atoms with Crippen molar-refractivity contribution in [2.45, 2.75) is 20.0 Å². The zero-order valence-corrected chi connectivity index (χ0v) is 11.2. The summed E-state index contributed by atoms with van der Waals surface area (Å²) in [6.07, 6.45) is 0.205. The molecule has 1 aromatic heterocycles. The number of carbonyl (C=O) groups is 1. The number of carbonyl (C=O) groups excluding carboxylic acids is 1. The third-order valence-corrected chi connectivity index (χ3v) is 2.74. The van der Waals surface area contributed by atoms with Crippen molar-refractivity contribution in [2.75, 3.05) is 6.54 Å². The van der Waals surface area contributed by atoms with E-state index in [9.17, 15) is 20.0 Å². The quantitative estimate of drug-likeness (QED) is 0.483. The normalized spacial score (nSPS) is 12.3. The Morgan fingerprint density at radius 2 is 2.26 bits per heavy atom. The lowest BCUT2D eigenvalue weighted by Gasteiger charge is -2.15. The lowest BCUT2D eigenvalue weighted by molar-refractivity contribution is -0.385. The van der Waals surface area contributed by atoms with Gasteiger partial charge in [-0.25, -0.2) is 4.98 Å². The summed E-state index contributed by atoms with van der Waals surface area (Å²) in [4.78, 5) is 25.5. The molecule has 0 fully saturated rings. The first-order valence-corrected chi connectivity index (χ1v) is 5.97. The summed E-state index contributed by atoms with van der Waals surface area (Å²) >= 11 is 5.62. The minimum Gasteiger partial charge on any atom is -0.391 e. The first kappa shape index (κ1) is 15.3. The molecule has 0 radical (unpaired) electrons. The molecule has 1 rings (SSSR count). The number of pyridine rings is 1. The molecule has 0 aromatic carbocycles. The van der Waals surface area contributed by atoms with Crippen LogP contribution in [0.3, 0.4) is 0 Å². The summed E-state index contributed by atoms with van der Waals surface area (Å²) in [7, 11) is 0. The Kier molecular flexibility index (Phi) is 5.20. The minimum absolute atomic E-state index is 0.00754. The maximum Gasteiger partial charge on any atom is 0.300 e. The molecule has 8 heteroatoms. The van der Waals surface area contributed by atoms with Crippen LogP contribution in [0.4, 0.5) is 5.69 Å². The van der Waals surface area contributed by atoms with Gasteiger partial charge in [0.1, 0.15) is 16.9 Å². The number of nitrogens with one attached hydrogen (secondary N) is 1. The zero-order chi connectivity index (χ0) is 14.6. The highest BCUT2D eigenvalue weighted by atomic mass is 35.5.